The number of piperazine rings is 1. The number of rotatable bonds is 5. The molecule has 0 radical (unpaired) electrons. The molecule has 1 saturated heterocycles. The zero-order chi connectivity index (χ0) is 22.2. The van der Waals surface area contributed by atoms with Gasteiger partial charge in [0.15, 0.2) is 5.78 Å². The van der Waals surface area contributed by atoms with Crippen LogP contribution in [0.5, 0.6) is 0 Å². The molecule has 0 saturated carbocycles. The summed E-state index contributed by atoms with van der Waals surface area (Å²) >= 11 is 2.22. The number of hydrogen-bond acceptors (Lipinski definition) is 5. The lowest BCUT2D eigenvalue weighted by Crippen LogP contribution is -2.46. The SMILES string of the molecule is CN1CCN(CC(=O)c2cc(C(=O)c3ccc(I)cc3)n3cnc4ccccc4c23)CC1. The zero-order valence-electron chi connectivity index (χ0n) is 17.8. The van der Waals surface area contributed by atoms with Gasteiger partial charge in [-0.2, -0.15) is 0 Å². The molecule has 32 heavy (non-hydrogen) atoms. The second-order valence-electron chi connectivity index (χ2n) is 8.26. The van der Waals surface area contributed by atoms with Crippen molar-refractivity contribution in [3.8, 4) is 0 Å². The molecule has 0 bridgehead atoms. The van der Waals surface area contributed by atoms with Gasteiger partial charge in [0.1, 0.15) is 6.33 Å². The van der Waals surface area contributed by atoms with Crippen LogP contribution in [0.3, 0.4) is 0 Å². The molecule has 0 unspecified atom stereocenters. The van der Waals surface area contributed by atoms with Crippen LogP contribution in [0.4, 0.5) is 0 Å². The molecule has 0 atom stereocenters. The second-order valence-corrected chi connectivity index (χ2v) is 9.51. The van der Waals surface area contributed by atoms with Gasteiger partial charge in [-0.25, -0.2) is 4.98 Å². The zero-order valence-corrected chi connectivity index (χ0v) is 19.9. The molecule has 4 aromatic rings. The lowest BCUT2D eigenvalue weighted by Gasteiger charge is -2.31. The summed E-state index contributed by atoms with van der Waals surface area (Å²) in [7, 11) is 2.10. The molecule has 1 aliphatic heterocycles. The number of halogens is 1. The fraction of sp³-hybridized carbons (Fsp3) is 0.240. The van der Waals surface area contributed by atoms with E-state index in [1.807, 2.05) is 48.5 Å². The van der Waals surface area contributed by atoms with E-state index in [1.165, 1.54) is 0 Å². The van der Waals surface area contributed by atoms with E-state index >= 15 is 0 Å². The Hall–Kier alpha value is -2.62. The van der Waals surface area contributed by atoms with Gasteiger partial charge in [0.25, 0.3) is 0 Å². The predicted octanol–water partition coefficient (Wildman–Crippen LogP) is 3.75. The third kappa shape index (κ3) is 3.96. The number of carbonyl (C=O) groups excluding carboxylic acids is 2. The Bertz CT molecular complexity index is 1320. The van der Waals surface area contributed by atoms with Gasteiger partial charge in [-0.1, -0.05) is 18.2 Å². The van der Waals surface area contributed by atoms with Crippen LogP contribution < -0.4 is 0 Å². The molecule has 1 fully saturated rings. The molecular formula is C25H23IN4O2. The number of Topliss-reactive ketones (excluding diaryl/α,β-unsaturated/α-hetero) is 1. The molecule has 1 aliphatic rings. The van der Waals surface area contributed by atoms with E-state index in [0.717, 1.165) is 46.2 Å². The highest BCUT2D eigenvalue weighted by Gasteiger charge is 2.24. The molecule has 2 aromatic heterocycles. The molecule has 7 heteroatoms. The van der Waals surface area contributed by atoms with Gasteiger partial charge >= 0.3 is 0 Å². The molecule has 0 spiro atoms. The van der Waals surface area contributed by atoms with Crippen LogP contribution in [0.2, 0.25) is 0 Å². The summed E-state index contributed by atoms with van der Waals surface area (Å²) in [5, 5.41) is 0.874. The molecule has 0 amide bonds. The summed E-state index contributed by atoms with van der Waals surface area (Å²) in [6.07, 6.45) is 1.66. The first-order valence-corrected chi connectivity index (χ1v) is 11.7. The van der Waals surface area contributed by atoms with Gasteiger partial charge in [-0.3, -0.25) is 18.9 Å². The van der Waals surface area contributed by atoms with Crippen LogP contribution in [0.1, 0.15) is 26.4 Å². The lowest BCUT2D eigenvalue weighted by atomic mass is 10.1. The molecular weight excluding hydrogens is 515 g/mol. The van der Waals surface area contributed by atoms with E-state index in [9.17, 15) is 9.59 Å². The number of aromatic nitrogens is 2. The van der Waals surface area contributed by atoms with Crippen molar-refractivity contribution in [2.24, 2.45) is 0 Å². The summed E-state index contributed by atoms with van der Waals surface area (Å²) < 4.78 is 2.84. The first-order valence-electron chi connectivity index (χ1n) is 10.6. The Morgan fingerprint density at radius 1 is 1.00 bits per heavy atom. The fourth-order valence-electron chi connectivity index (χ4n) is 4.26. The predicted molar refractivity (Wildman–Crippen MR) is 134 cm³/mol. The fourth-order valence-corrected chi connectivity index (χ4v) is 4.62. The number of fused-ring (bicyclic) bond motifs is 3. The number of benzene rings is 2. The normalized spacial score (nSPS) is 15.4. The first kappa shape index (κ1) is 21.2. The number of nitrogens with zero attached hydrogens (tertiary/aromatic N) is 4. The average molecular weight is 538 g/mol. The van der Waals surface area contributed by atoms with Crippen LogP contribution >= 0.6 is 22.6 Å². The van der Waals surface area contributed by atoms with Crippen LogP contribution in [0.15, 0.2) is 60.9 Å². The van der Waals surface area contributed by atoms with Gasteiger partial charge in [-0.15, -0.1) is 0 Å². The standard InChI is InChI=1S/C25H23IN4O2/c1-28-10-12-29(13-11-28)15-23(31)20-14-22(25(32)17-6-8-18(26)9-7-17)30-16-27-21-5-3-2-4-19(21)24(20)30/h2-9,14,16H,10-13,15H2,1H3. The minimum Gasteiger partial charge on any atom is -0.304 e. The largest absolute Gasteiger partial charge is 0.304 e. The van der Waals surface area contributed by atoms with Crippen LogP contribution in [-0.4, -0.2) is 70.5 Å². The van der Waals surface area contributed by atoms with Gasteiger partial charge in [0, 0.05) is 46.3 Å². The Morgan fingerprint density at radius 2 is 1.72 bits per heavy atom. The topological polar surface area (TPSA) is 57.9 Å². The summed E-state index contributed by atoms with van der Waals surface area (Å²) in [5.41, 5.74) is 3.19. The van der Waals surface area contributed by atoms with E-state index in [-0.39, 0.29) is 11.6 Å². The van der Waals surface area contributed by atoms with E-state index in [2.05, 4.69) is 44.4 Å². The van der Waals surface area contributed by atoms with E-state index in [0.29, 0.717) is 23.4 Å². The average Bonchev–Trinajstić information content (AvgIpc) is 3.21. The van der Waals surface area contributed by atoms with Crippen molar-refractivity contribution in [2.45, 2.75) is 0 Å². The maximum Gasteiger partial charge on any atom is 0.209 e. The molecule has 2 aromatic carbocycles. The quantitative estimate of drug-likeness (QED) is 0.286. The Balaban J connectivity index is 1.61. The van der Waals surface area contributed by atoms with Crippen molar-refractivity contribution in [2.75, 3.05) is 39.8 Å². The minimum atomic E-state index is -0.118. The van der Waals surface area contributed by atoms with Crippen molar-refractivity contribution in [3.63, 3.8) is 0 Å². The maximum absolute atomic E-state index is 13.5. The Labute approximate surface area is 200 Å². The monoisotopic (exact) mass is 538 g/mol. The number of hydrogen-bond donors (Lipinski definition) is 0. The molecule has 6 nitrogen and oxygen atoms in total. The highest BCUT2D eigenvalue weighted by Crippen LogP contribution is 2.27. The van der Waals surface area contributed by atoms with Crippen LogP contribution in [0.25, 0.3) is 16.4 Å². The smallest absolute Gasteiger partial charge is 0.209 e. The maximum atomic E-state index is 13.5. The van der Waals surface area contributed by atoms with Crippen molar-refractivity contribution in [1.82, 2.24) is 19.2 Å². The summed E-state index contributed by atoms with van der Waals surface area (Å²) in [4.78, 5) is 35.9. The van der Waals surface area contributed by atoms with Crippen LogP contribution in [0, 0.1) is 3.57 Å². The first-order chi connectivity index (χ1) is 15.5. The lowest BCUT2D eigenvalue weighted by molar-refractivity contribution is 0.0878. The molecule has 3 heterocycles. The molecule has 0 N–H and O–H groups in total. The van der Waals surface area contributed by atoms with E-state index in [4.69, 9.17) is 0 Å². The molecule has 162 valence electrons. The van der Waals surface area contributed by atoms with Gasteiger partial charge in [0.05, 0.1) is 23.3 Å². The molecule has 0 aliphatic carbocycles. The highest BCUT2D eigenvalue weighted by molar-refractivity contribution is 14.1. The van der Waals surface area contributed by atoms with E-state index < -0.39 is 0 Å². The highest BCUT2D eigenvalue weighted by atomic mass is 127. The number of para-hydroxylation sites is 1. The van der Waals surface area contributed by atoms with Gasteiger partial charge in [-0.05, 0) is 66.0 Å². The minimum absolute atomic E-state index is 0.0325. The van der Waals surface area contributed by atoms with Crippen molar-refractivity contribution >= 4 is 50.6 Å². The van der Waals surface area contributed by atoms with E-state index in [1.54, 1.807) is 16.8 Å². The van der Waals surface area contributed by atoms with Gasteiger partial charge < -0.3 is 4.90 Å². The van der Waals surface area contributed by atoms with Crippen molar-refractivity contribution < 1.29 is 9.59 Å². The van der Waals surface area contributed by atoms with Gasteiger partial charge in [0.2, 0.25) is 5.78 Å². The third-order valence-electron chi connectivity index (χ3n) is 6.11. The van der Waals surface area contributed by atoms with Crippen molar-refractivity contribution in [1.29, 1.82) is 0 Å². The number of likely N-dealkylation sites (N-methyl/N-ethyl adjacent to an activating group) is 1. The third-order valence-corrected chi connectivity index (χ3v) is 6.83. The number of carbonyl (C=O) groups is 2. The number of ketones is 2. The molecule has 5 rings (SSSR count). The van der Waals surface area contributed by atoms with Crippen LogP contribution in [-0.2, 0) is 0 Å². The summed E-state index contributed by atoms with van der Waals surface area (Å²) in [5.74, 6) is -0.0859. The second kappa shape index (κ2) is 8.73. The van der Waals surface area contributed by atoms with Crippen molar-refractivity contribution in [3.05, 3.63) is 81.3 Å². The Morgan fingerprint density at radius 3 is 2.47 bits per heavy atom. The summed E-state index contributed by atoms with van der Waals surface area (Å²) in [6, 6.07) is 17.0. The summed E-state index contributed by atoms with van der Waals surface area (Å²) in [6.45, 7) is 3.98. The Kier molecular flexibility index (Phi) is 5.79.